The highest BCUT2D eigenvalue weighted by Gasteiger charge is 2.26. The largest absolute Gasteiger partial charge is 0.365 e. The van der Waals surface area contributed by atoms with E-state index in [-0.39, 0.29) is 18.6 Å². The maximum atomic E-state index is 11.5. The van der Waals surface area contributed by atoms with Crippen molar-refractivity contribution >= 4 is 11.7 Å². The molecule has 1 aliphatic heterocycles. The highest BCUT2D eigenvalue weighted by molar-refractivity contribution is 5.94. The molecule has 1 atom stereocenters. The van der Waals surface area contributed by atoms with Gasteiger partial charge in [0.2, 0.25) is 0 Å². The Labute approximate surface area is 81.8 Å². The number of rotatable bonds is 2. The van der Waals surface area contributed by atoms with E-state index in [0.29, 0.717) is 13.1 Å². The molecule has 76 valence electrons. The summed E-state index contributed by atoms with van der Waals surface area (Å²) >= 11 is 0. The molecular weight excluding hydrogens is 182 g/mol. The zero-order valence-electron chi connectivity index (χ0n) is 7.77. The maximum Gasteiger partial charge on any atom is 0.254 e. The van der Waals surface area contributed by atoms with E-state index in [9.17, 15) is 4.79 Å². The van der Waals surface area contributed by atoms with E-state index in [2.05, 4.69) is 4.98 Å². The highest BCUT2D eigenvalue weighted by atomic mass is 16.5. The fourth-order valence-corrected chi connectivity index (χ4v) is 1.49. The second-order valence-electron chi connectivity index (χ2n) is 3.23. The molecule has 1 fully saturated rings. The number of H-pyrrole nitrogens is 1. The Kier molecular flexibility index (Phi) is 2.51. The first-order valence-electron chi connectivity index (χ1n) is 4.56. The van der Waals surface area contributed by atoms with Crippen molar-refractivity contribution in [2.75, 3.05) is 24.6 Å². The SMILES string of the molecule is NC[C@H]1CN(c2ccc[nH]2)C(=O)CO1. The predicted molar refractivity (Wildman–Crippen MR) is 51.9 cm³/mol. The van der Waals surface area contributed by atoms with Gasteiger partial charge in [0.1, 0.15) is 12.4 Å². The van der Waals surface area contributed by atoms with Crippen LogP contribution in [0.2, 0.25) is 0 Å². The summed E-state index contributed by atoms with van der Waals surface area (Å²) in [5.74, 6) is 0.772. The lowest BCUT2D eigenvalue weighted by Crippen LogP contribution is -2.49. The van der Waals surface area contributed by atoms with Gasteiger partial charge in [-0.25, -0.2) is 0 Å². The Morgan fingerprint density at radius 3 is 3.21 bits per heavy atom. The fourth-order valence-electron chi connectivity index (χ4n) is 1.49. The number of nitrogens with two attached hydrogens (primary N) is 1. The minimum atomic E-state index is -0.0593. The number of ether oxygens (including phenoxy) is 1. The molecule has 1 aromatic heterocycles. The van der Waals surface area contributed by atoms with Gasteiger partial charge in [-0.05, 0) is 12.1 Å². The summed E-state index contributed by atoms with van der Waals surface area (Å²) in [7, 11) is 0. The normalized spacial score (nSPS) is 22.8. The third-order valence-corrected chi connectivity index (χ3v) is 2.26. The van der Waals surface area contributed by atoms with Gasteiger partial charge in [-0.2, -0.15) is 0 Å². The topological polar surface area (TPSA) is 71.3 Å². The van der Waals surface area contributed by atoms with Crippen molar-refractivity contribution in [2.24, 2.45) is 5.73 Å². The number of carbonyl (C=O) groups is 1. The standard InChI is InChI=1S/C9H13N3O2/c10-4-7-5-12(9(13)6-14-7)8-2-1-3-11-8/h1-3,7,11H,4-6,10H2/t7-/m0/s1. The van der Waals surface area contributed by atoms with Gasteiger partial charge in [0.25, 0.3) is 5.91 Å². The van der Waals surface area contributed by atoms with Crippen LogP contribution in [0.1, 0.15) is 0 Å². The third kappa shape index (κ3) is 1.64. The fraction of sp³-hybridized carbons (Fsp3) is 0.444. The minimum absolute atomic E-state index is 0.0304. The molecular formula is C9H13N3O2. The van der Waals surface area contributed by atoms with E-state index < -0.39 is 0 Å². The molecule has 2 heterocycles. The zero-order valence-corrected chi connectivity index (χ0v) is 7.77. The summed E-state index contributed by atoms with van der Waals surface area (Å²) in [6.45, 7) is 1.07. The Morgan fingerprint density at radius 1 is 1.71 bits per heavy atom. The molecule has 0 unspecified atom stereocenters. The quantitative estimate of drug-likeness (QED) is 0.681. The molecule has 2 rings (SSSR count). The molecule has 0 aromatic carbocycles. The predicted octanol–water partition coefficient (Wildman–Crippen LogP) is -0.295. The molecule has 0 aliphatic carbocycles. The van der Waals surface area contributed by atoms with Gasteiger partial charge in [-0.3, -0.25) is 9.69 Å². The molecule has 0 radical (unpaired) electrons. The summed E-state index contributed by atoms with van der Waals surface area (Å²) in [5, 5.41) is 0. The van der Waals surface area contributed by atoms with Gasteiger partial charge < -0.3 is 15.5 Å². The molecule has 1 aromatic rings. The van der Waals surface area contributed by atoms with Crippen LogP contribution in [-0.2, 0) is 9.53 Å². The monoisotopic (exact) mass is 195 g/mol. The number of carbonyl (C=O) groups excluding carboxylic acids is 1. The number of anilines is 1. The van der Waals surface area contributed by atoms with Gasteiger partial charge >= 0.3 is 0 Å². The van der Waals surface area contributed by atoms with Crippen LogP contribution in [0.5, 0.6) is 0 Å². The zero-order chi connectivity index (χ0) is 9.97. The Hall–Kier alpha value is -1.33. The van der Waals surface area contributed by atoms with Crippen LogP contribution in [0, 0.1) is 0 Å². The molecule has 5 nitrogen and oxygen atoms in total. The van der Waals surface area contributed by atoms with E-state index in [1.165, 1.54) is 0 Å². The van der Waals surface area contributed by atoms with Crippen LogP contribution in [0.15, 0.2) is 18.3 Å². The second-order valence-corrected chi connectivity index (χ2v) is 3.23. The summed E-state index contributed by atoms with van der Waals surface area (Å²) in [5.41, 5.74) is 5.49. The van der Waals surface area contributed by atoms with Gasteiger partial charge in [0, 0.05) is 12.7 Å². The number of aromatic amines is 1. The van der Waals surface area contributed by atoms with E-state index >= 15 is 0 Å². The number of hydrogen-bond acceptors (Lipinski definition) is 3. The van der Waals surface area contributed by atoms with Crippen molar-refractivity contribution in [2.45, 2.75) is 6.10 Å². The van der Waals surface area contributed by atoms with Crippen LogP contribution >= 0.6 is 0 Å². The number of nitrogens with zero attached hydrogens (tertiary/aromatic N) is 1. The lowest BCUT2D eigenvalue weighted by Gasteiger charge is -2.31. The second kappa shape index (κ2) is 3.81. The van der Waals surface area contributed by atoms with Gasteiger partial charge in [-0.15, -0.1) is 0 Å². The molecule has 0 saturated carbocycles. The van der Waals surface area contributed by atoms with Gasteiger partial charge in [-0.1, -0.05) is 0 Å². The van der Waals surface area contributed by atoms with E-state index in [1.807, 2.05) is 12.1 Å². The van der Waals surface area contributed by atoms with Crippen molar-refractivity contribution < 1.29 is 9.53 Å². The smallest absolute Gasteiger partial charge is 0.254 e. The van der Waals surface area contributed by atoms with Gasteiger partial charge in [0.15, 0.2) is 0 Å². The average molecular weight is 195 g/mol. The van der Waals surface area contributed by atoms with Crippen LogP contribution in [-0.4, -0.2) is 36.7 Å². The van der Waals surface area contributed by atoms with Crippen molar-refractivity contribution in [3.8, 4) is 0 Å². The molecule has 1 saturated heterocycles. The van der Waals surface area contributed by atoms with E-state index in [1.54, 1.807) is 11.1 Å². The first kappa shape index (κ1) is 9.23. The van der Waals surface area contributed by atoms with E-state index in [0.717, 1.165) is 5.82 Å². The molecule has 3 N–H and O–H groups in total. The van der Waals surface area contributed by atoms with Crippen LogP contribution in [0.25, 0.3) is 0 Å². The molecule has 14 heavy (non-hydrogen) atoms. The molecule has 0 bridgehead atoms. The number of hydrogen-bond donors (Lipinski definition) is 2. The lowest BCUT2D eigenvalue weighted by molar-refractivity contribution is -0.129. The Bertz CT molecular complexity index is 310. The molecule has 1 aliphatic rings. The summed E-state index contributed by atoms with van der Waals surface area (Å²) in [6, 6.07) is 3.71. The van der Waals surface area contributed by atoms with Crippen LogP contribution < -0.4 is 10.6 Å². The van der Waals surface area contributed by atoms with Gasteiger partial charge in [0.05, 0.1) is 12.6 Å². The molecule has 1 amide bonds. The summed E-state index contributed by atoms with van der Waals surface area (Å²) < 4.78 is 5.24. The number of amides is 1. The van der Waals surface area contributed by atoms with Crippen molar-refractivity contribution in [3.05, 3.63) is 18.3 Å². The van der Waals surface area contributed by atoms with Crippen molar-refractivity contribution in [1.29, 1.82) is 0 Å². The van der Waals surface area contributed by atoms with E-state index in [4.69, 9.17) is 10.5 Å². The maximum absolute atomic E-state index is 11.5. The van der Waals surface area contributed by atoms with Crippen LogP contribution in [0.3, 0.4) is 0 Å². The number of aromatic nitrogens is 1. The first-order valence-corrected chi connectivity index (χ1v) is 4.56. The van der Waals surface area contributed by atoms with Crippen molar-refractivity contribution in [1.82, 2.24) is 4.98 Å². The average Bonchev–Trinajstić information content (AvgIpc) is 2.71. The molecule has 0 spiro atoms. The highest BCUT2D eigenvalue weighted by Crippen LogP contribution is 2.15. The van der Waals surface area contributed by atoms with Crippen LogP contribution in [0.4, 0.5) is 5.82 Å². The first-order chi connectivity index (χ1) is 6.81. The number of morpholine rings is 1. The summed E-state index contributed by atoms with van der Waals surface area (Å²) in [4.78, 5) is 16.2. The third-order valence-electron chi connectivity index (χ3n) is 2.26. The number of nitrogens with one attached hydrogen (secondary N) is 1. The summed E-state index contributed by atoms with van der Waals surface area (Å²) in [6.07, 6.45) is 1.73. The Morgan fingerprint density at radius 2 is 2.57 bits per heavy atom. The van der Waals surface area contributed by atoms with Crippen molar-refractivity contribution in [3.63, 3.8) is 0 Å². The Balaban J connectivity index is 2.13. The minimum Gasteiger partial charge on any atom is -0.365 e. The lowest BCUT2D eigenvalue weighted by atomic mass is 10.2. The molecule has 5 heteroatoms.